The molecule has 0 spiro atoms. The molecule has 0 bridgehead atoms. The lowest BCUT2D eigenvalue weighted by molar-refractivity contribution is 0.167. The number of methoxy groups -OCH3 is 1. The molecule has 2 aromatic rings. The Bertz CT molecular complexity index is 794. The quantitative estimate of drug-likeness (QED) is 0.857. The number of fused-ring (bicyclic) bond motifs is 1. The molecule has 1 saturated carbocycles. The van der Waals surface area contributed by atoms with Crippen molar-refractivity contribution in [3.8, 4) is 11.1 Å². The van der Waals surface area contributed by atoms with E-state index in [0.717, 1.165) is 54.0 Å². The lowest BCUT2D eigenvalue weighted by Gasteiger charge is -2.17. The molecule has 0 radical (unpaired) electrons. The van der Waals surface area contributed by atoms with Gasteiger partial charge in [0.2, 0.25) is 5.95 Å². The minimum atomic E-state index is -0.400. The number of nitrogens with zero attached hydrogens (tertiary/aromatic N) is 3. The third kappa shape index (κ3) is 4.11. The number of carbonyl (C=O) groups excluding carboxylic acids is 1. The van der Waals surface area contributed by atoms with Gasteiger partial charge in [0, 0.05) is 37.1 Å². The minimum absolute atomic E-state index is 0.0147. The fraction of sp³-hybridized carbons (Fsp3) is 0.500. The molecule has 2 aliphatic rings. The number of ether oxygens (including phenoxy) is 1. The molecule has 3 unspecified atom stereocenters. The Morgan fingerprint density at radius 1 is 1.14 bits per heavy atom. The third-order valence-electron chi connectivity index (χ3n) is 6.03. The first-order valence-corrected chi connectivity index (χ1v) is 10.1. The molecule has 6 nitrogen and oxygen atoms in total. The summed E-state index contributed by atoms with van der Waals surface area (Å²) in [5.41, 5.74) is 3.28. The van der Waals surface area contributed by atoms with E-state index in [1.54, 1.807) is 0 Å². The summed E-state index contributed by atoms with van der Waals surface area (Å²) in [7, 11) is 1.37. The van der Waals surface area contributed by atoms with Crippen LogP contribution in [0.15, 0.2) is 36.7 Å². The van der Waals surface area contributed by atoms with E-state index < -0.39 is 6.09 Å². The van der Waals surface area contributed by atoms with Crippen molar-refractivity contribution in [2.24, 2.45) is 11.8 Å². The SMILES string of the molecule is COC(=O)NC(C)Cc1ccc(-c2cnc(N3CC4CCCC4C3)nc2)cc1. The van der Waals surface area contributed by atoms with Crippen molar-refractivity contribution in [1.82, 2.24) is 15.3 Å². The van der Waals surface area contributed by atoms with Gasteiger partial charge in [-0.05, 0) is 49.1 Å². The number of anilines is 1. The molecule has 1 N–H and O–H groups in total. The van der Waals surface area contributed by atoms with Crippen LogP contribution in [-0.2, 0) is 11.2 Å². The summed E-state index contributed by atoms with van der Waals surface area (Å²) in [5.74, 6) is 2.54. The number of alkyl carbamates (subject to hydrolysis) is 1. The molecular formula is C22H28N4O2. The lowest BCUT2D eigenvalue weighted by atomic mass is 10.0. The van der Waals surface area contributed by atoms with E-state index in [1.807, 2.05) is 19.3 Å². The van der Waals surface area contributed by atoms with E-state index >= 15 is 0 Å². The van der Waals surface area contributed by atoms with Crippen molar-refractivity contribution in [2.75, 3.05) is 25.1 Å². The Morgan fingerprint density at radius 2 is 1.79 bits per heavy atom. The molecule has 4 rings (SSSR count). The van der Waals surface area contributed by atoms with Crippen molar-refractivity contribution in [2.45, 2.75) is 38.6 Å². The van der Waals surface area contributed by atoms with Crippen LogP contribution in [0.2, 0.25) is 0 Å². The molecule has 1 aromatic heterocycles. The standard InChI is InChI=1S/C22H28N4O2/c1-15(25-22(27)28-2)10-16-6-8-17(9-7-16)20-11-23-21(24-12-20)26-13-18-4-3-5-19(18)14-26/h6-9,11-12,15,18-19H,3-5,10,13-14H2,1-2H3,(H,25,27). The summed E-state index contributed by atoms with van der Waals surface area (Å²) in [5, 5.41) is 2.79. The molecule has 2 heterocycles. The van der Waals surface area contributed by atoms with Gasteiger partial charge in [-0.1, -0.05) is 30.7 Å². The number of aromatic nitrogens is 2. The number of rotatable bonds is 5. The highest BCUT2D eigenvalue weighted by molar-refractivity contribution is 5.67. The molecule has 1 amide bonds. The van der Waals surface area contributed by atoms with E-state index in [1.165, 1.54) is 26.4 Å². The largest absolute Gasteiger partial charge is 0.453 e. The highest BCUT2D eigenvalue weighted by Gasteiger charge is 2.36. The molecule has 6 heteroatoms. The number of amides is 1. The van der Waals surface area contributed by atoms with Gasteiger partial charge in [0.1, 0.15) is 0 Å². The molecule has 1 aromatic carbocycles. The maximum absolute atomic E-state index is 11.3. The van der Waals surface area contributed by atoms with Gasteiger partial charge in [-0.25, -0.2) is 14.8 Å². The van der Waals surface area contributed by atoms with E-state index in [9.17, 15) is 4.79 Å². The number of carbonyl (C=O) groups is 1. The second-order valence-electron chi connectivity index (χ2n) is 8.07. The van der Waals surface area contributed by atoms with Crippen molar-refractivity contribution in [3.63, 3.8) is 0 Å². The monoisotopic (exact) mass is 380 g/mol. The Hall–Kier alpha value is -2.63. The van der Waals surface area contributed by atoms with Gasteiger partial charge in [0.05, 0.1) is 7.11 Å². The van der Waals surface area contributed by atoms with Crippen LogP contribution in [-0.4, -0.2) is 42.3 Å². The van der Waals surface area contributed by atoms with Crippen molar-refractivity contribution >= 4 is 12.0 Å². The molecule has 1 saturated heterocycles. The maximum Gasteiger partial charge on any atom is 0.407 e. The van der Waals surface area contributed by atoms with Crippen LogP contribution in [0.3, 0.4) is 0 Å². The summed E-state index contributed by atoms with van der Waals surface area (Å²) >= 11 is 0. The van der Waals surface area contributed by atoms with Crippen molar-refractivity contribution < 1.29 is 9.53 Å². The predicted octanol–water partition coefficient (Wildman–Crippen LogP) is 3.67. The van der Waals surface area contributed by atoms with Crippen LogP contribution >= 0.6 is 0 Å². The number of benzene rings is 1. The maximum atomic E-state index is 11.3. The van der Waals surface area contributed by atoms with Gasteiger partial charge >= 0.3 is 6.09 Å². The Kier molecular flexibility index (Phi) is 5.46. The first-order chi connectivity index (χ1) is 13.6. The number of nitrogens with one attached hydrogen (secondary N) is 1. The minimum Gasteiger partial charge on any atom is -0.453 e. The average Bonchev–Trinajstić information content (AvgIpc) is 3.31. The normalized spacial score (nSPS) is 22.0. The third-order valence-corrected chi connectivity index (χ3v) is 6.03. The Morgan fingerprint density at radius 3 is 2.39 bits per heavy atom. The zero-order chi connectivity index (χ0) is 19.5. The van der Waals surface area contributed by atoms with Gasteiger partial charge in [-0.15, -0.1) is 0 Å². The van der Waals surface area contributed by atoms with E-state index in [0.29, 0.717) is 0 Å². The molecule has 1 aliphatic carbocycles. The summed E-state index contributed by atoms with van der Waals surface area (Å²) < 4.78 is 4.64. The second-order valence-corrected chi connectivity index (χ2v) is 8.07. The van der Waals surface area contributed by atoms with Crippen LogP contribution in [0.4, 0.5) is 10.7 Å². The first kappa shape index (κ1) is 18.7. The average molecular weight is 380 g/mol. The highest BCUT2D eigenvalue weighted by Crippen LogP contribution is 2.38. The predicted molar refractivity (Wildman–Crippen MR) is 109 cm³/mol. The van der Waals surface area contributed by atoms with Gasteiger partial charge in [-0.2, -0.15) is 0 Å². The molecule has 2 fully saturated rings. The lowest BCUT2D eigenvalue weighted by Crippen LogP contribution is -2.33. The van der Waals surface area contributed by atoms with E-state index in [4.69, 9.17) is 0 Å². The van der Waals surface area contributed by atoms with Crippen LogP contribution in [0.1, 0.15) is 31.7 Å². The molecule has 28 heavy (non-hydrogen) atoms. The zero-order valence-corrected chi connectivity index (χ0v) is 16.6. The second kappa shape index (κ2) is 8.17. The molecule has 3 atom stereocenters. The van der Waals surface area contributed by atoms with E-state index in [2.05, 4.69) is 49.2 Å². The highest BCUT2D eigenvalue weighted by atomic mass is 16.5. The fourth-order valence-electron chi connectivity index (χ4n) is 4.53. The van der Waals surface area contributed by atoms with Crippen LogP contribution in [0.25, 0.3) is 11.1 Å². The topological polar surface area (TPSA) is 67.3 Å². The first-order valence-electron chi connectivity index (χ1n) is 10.1. The van der Waals surface area contributed by atoms with Gasteiger partial charge in [0.15, 0.2) is 0 Å². The fourth-order valence-corrected chi connectivity index (χ4v) is 4.53. The smallest absolute Gasteiger partial charge is 0.407 e. The molecular weight excluding hydrogens is 352 g/mol. The van der Waals surface area contributed by atoms with Crippen LogP contribution < -0.4 is 10.2 Å². The molecule has 1 aliphatic heterocycles. The summed E-state index contributed by atoms with van der Waals surface area (Å²) in [6, 6.07) is 8.35. The Balaban J connectivity index is 1.37. The van der Waals surface area contributed by atoms with Gasteiger partial charge in [0.25, 0.3) is 0 Å². The number of hydrogen-bond donors (Lipinski definition) is 1. The van der Waals surface area contributed by atoms with Crippen molar-refractivity contribution in [1.29, 1.82) is 0 Å². The van der Waals surface area contributed by atoms with Gasteiger partial charge in [-0.3, -0.25) is 0 Å². The number of hydrogen-bond acceptors (Lipinski definition) is 5. The van der Waals surface area contributed by atoms with Crippen LogP contribution in [0, 0.1) is 11.8 Å². The van der Waals surface area contributed by atoms with Crippen LogP contribution in [0.5, 0.6) is 0 Å². The summed E-state index contributed by atoms with van der Waals surface area (Å²) in [6.45, 7) is 4.18. The Labute approximate surface area is 166 Å². The van der Waals surface area contributed by atoms with Crippen molar-refractivity contribution in [3.05, 3.63) is 42.2 Å². The summed E-state index contributed by atoms with van der Waals surface area (Å²) in [4.78, 5) is 22.9. The van der Waals surface area contributed by atoms with Gasteiger partial charge < -0.3 is 15.0 Å². The summed E-state index contributed by atoms with van der Waals surface area (Å²) in [6.07, 6.45) is 8.31. The van der Waals surface area contributed by atoms with E-state index in [-0.39, 0.29) is 6.04 Å². The zero-order valence-electron chi connectivity index (χ0n) is 16.6. The molecule has 148 valence electrons.